The van der Waals surface area contributed by atoms with Crippen LogP contribution in [0.15, 0.2) is 91.0 Å². The molecule has 3 aromatic rings. The van der Waals surface area contributed by atoms with Crippen LogP contribution in [0.4, 0.5) is 9.59 Å². The van der Waals surface area contributed by atoms with Crippen LogP contribution in [0.25, 0.3) is 0 Å². The molecule has 0 saturated heterocycles. The van der Waals surface area contributed by atoms with Crippen LogP contribution in [0.3, 0.4) is 0 Å². The summed E-state index contributed by atoms with van der Waals surface area (Å²) in [5, 5.41) is 20.4. The van der Waals surface area contributed by atoms with E-state index in [0.29, 0.717) is 16.7 Å². The molecule has 3 aromatic carbocycles. The molecule has 12 heteroatoms. The number of imide groups is 1. The van der Waals surface area contributed by atoms with Gasteiger partial charge in [-0.15, -0.1) is 0 Å². The molecule has 0 radical (unpaired) electrons. The Kier molecular flexibility index (Phi) is 11.4. The number of esters is 1. The van der Waals surface area contributed by atoms with Crippen LogP contribution in [-0.4, -0.2) is 52.2 Å². The third-order valence-electron chi connectivity index (χ3n) is 6.09. The third-order valence-corrected chi connectivity index (χ3v) is 6.09. The molecule has 42 heavy (non-hydrogen) atoms. The molecular formula is C30H32N4O8. The summed E-state index contributed by atoms with van der Waals surface area (Å²) in [6.07, 6.45) is -3.55. The monoisotopic (exact) mass is 576 g/mol. The number of hydrogen-bond donors (Lipinski definition) is 4. The van der Waals surface area contributed by atoms with E-state index in [1.807, 2.05) is 0 Å². The molecule has 2 amide bonds. The Morgan fingerprint density at radius 1 is 0.738 bits per heavy atom. The third kappa shape index (κ3) is 8.55. The van der Waals surface area contributed by atoms with Gasteiger partial charge < -0.3 is 30.4 Å². The van der Waals surface area contributed by atoms with Crippen molar-refractivity contribution in [1.82, 2.24) is 10.2 Å². The first-order valence-corrected chi connectivity index (χ1v) is 13.0. The number of carbonyl (C=O) groups excluding carboxylic acids is 3. The number of hydrogen-bond acceptors (Lipinski definition) is 8. The molecule has 0 fully saturated rings. The number of benzene rings is 3. The second-order valence-corrected chi connectivity index (χ2v) is 9.09. The topological polar surface area (TPSA) is 181 Å². The van der Waals surface area contributed by atoms with E-state index < -0.39 is 36.1 Å². The van der Waals surface area contributed by atoms with Gasteiger partial charge in [-0.2, -0.15) is 4.90 Å². The number of guanidine groups is 1. The standard InChI is InChI=1S/C30H32N4O8/c31-27(32)33-18-10-17-30(25(35)36,26(37)40-19-22-11-4-1-5-12-22)34(28(38)41-20-23-13-6-2-7-14-23)29(39)42-21-24-15-8-3-9-16-24/h1-9,11-16H,10,17-21H2,(H,35,36)(H4,31,32,33)/t30-/m0/s1. The molecule has 0 bridgehead atoms. The molecule has 0 spiro atoms. The molecule has 0 unspecified atom stereocenters. The van der Waals surface area contributed by atoms with Crippen molar-refractivity contribution < 1.29 is 38.5 Å². The number of nitrogens with two attached hydrogens (primary N) is 1. The van der Waals surface area contributed by atoms with Gasteiger partial charge in [-0.1, -0.05) is 91.0 Å². The van der Waals surface area contributed by atoms with Crippen molar-refractivity contribution in [2.24, 2.45) is 5.73 Å². The molecular weight excluding hydrogens is 544 g/mol. The van der Waals surface area contributed by atoms with Gasteiger partial charge in [0.25, 0.3) is 5.54 Å². The van der Waals surface area contributed by atoms with Crippen molar-refractivity contribution in [1.29, 1.82) is 5.41 Å². The van der Waals surface area contributed by atoms with E-state index in [2.05, 4.69) is 5.32 Å². The highest BCUT2D eigenvalue weighted by Gasteiger charge is 2.59. The van der Waals surface area contributed by atoms with Gasteiger partial charge in [0.2, 0.25) is 0 Å². The quantitative estimate of drug-likeness (QED) is 0.0583. The van der Waals surface area contributed by atoms with Crippen LogP contribution in [-0.2, 0) is 43.6 Å². The minimum Gasteiger partial charge on any atom is -0.479 e. The Morgan fingerprint density at radius 2 is 1.14 bits per heavy atom. The van der Waals surface area contributed by atoms with E-state index in [1.165, 1.54) is 0 Å². The number of nitrogens with zero attached hydrogens (tertiary/aromatic N) is 1. The molecule has 5 N–H and O–H groups in total. The SMILES string of the molecule is N=C(N)NCCC[C@](C(=O)O)(C(=O)OCc1ccccc1)N(C(=O)OCc1ccccc1)C(=O)OCc1ccccc1. The second kappa shape index (κ2) is 15.4. The van der Waals surface area contributed by atoms with E-state index in [-0.39, 0.29) is 43.6 Å². The van der Waals surface area contributed by atoms with Crippen molar-refractivity contribution in [2.75, 3.05) is 6.54 Å². The largest absolute Gasteiger partial charge is 0.479 e. The van der Waals surface area contributed by atoms with Crippen molar-refractivity contribution in [2.45, 2.75) is 38.2 Å². The Morgan fingerprint density at radius 3 is 1.52 bits per heavy atom. The molecule has 12 nitrogen and oxygen atoms in total. The summed E-state index contributed by atoms with van der Waals surface area (Å²) in [7, 11) is 0. The summed E-state index contributed by atoms with van der Waals surface area (Å²) in [4.78, 5) is 53.8. The minimum atomic E-state index is -2.88. The smallest absolute Gasteiger partial charge is 0.421 e. The molecule has 0 aliphatic heterocycles. The number of carbonyl (C=O) groups is 4. The molecule has 3 rings (SSSR count). The molecule has 0 heterocycles. The highest BCUT2D eigenvalue weighted by Crippen LogP contribution is 2.28. The number of ether oxygens (including phenoxy) is 3. The average molecular weight is 577 g/mol. The zero-order chi connectivity index (χ0) is 30.4. The van der Waals surface area contributed by atoms with Crippen LogP contribution in [0, 0.1) is 5.41 Å². The van der Waals surface area contributed by atoms with E-state index >= 15 is 0 Å². The lowest BCUT2D eigenvalue weighted by Gasteiger charge is -2.35. The first-order chi connectivity index (χ1) is 20.2. The molecule has 0 aromatic heterocycles. The number of nitrogens with one attached hydrogen (secondary N) is 2. The summed E-state index contributed by atoms with van der Waals surface area (Å²) >= 11 is 0. The zero-order valence-electron chi connectivity index (χ0n) is 22.7. The molecule has 0 aliphatic carbocycles. The van der Waals surface area contributed by atoms with Crippen LogP contribution in [0.1, 0.15) is 29.5 Å². The number of carboxylic acids is 1. The van der Waals surface area contributed by atoms with Gasteiger partial charge in [0, 0.05) is 6.54 Å². The highest BCUT2D eigenvalue weighted by molar-refractivity contribution is 6.10. The maximum atomic E-state index is 13.7. The first-order valence-electron chi connectivity index (χ1n) is 13.0. The van der Waals surface area contributed by atoms with Crippen LogP contribution in [0.2, 0.25) is 0 Å². The number of carboxylic acid groups (broad SMARTS) is 1. The van der Waals surface area contributed by atoms with Gasteiger partial charge in [0.1, 0.15) is 19.8 Å². The number of rotatable bonds is 13. The average Bonchev–Trinajstić information content (AvgIpc) is 3.00. The molecule has 220 valence electrons. The van der Waals surface area contributed by atoms with Crippen LogP contribution >= 0.6 is 0 Å². The van der Waals surface area contributed by atoms with Crippen molar-refractivity contribution in [3.8, 4) is 0 Å². The lowest BCUT2D eigenvalue weighted by molar-refractivity contribution is -0.171. The van der Waals surface area contributed by atoms with Gasteiger partial charge in [0.15, 0.2) is 5.96 Å². The van der Waals surface area contributed by atoms with Gasteiger partial charge >= 0.3 is 24.1 Å². The van der Waals surface area contributed by atoms with Gasteiger partial charge in [0.05, 0.1) is 0 Å². The lowest BCUT2D eigenvalue weighted by Crippen LogP contribution is -2.65. The number of aliphatic carboxylic acids is 1. The number of amides is 2. The summed E-state index contributed by atoms with van der Waals surface area (Å²) in [6.45, 7) is -1.000. The van der Waals surface area contributed by atoms with Gasteiger partial charge in [-0.25, -0.2) is 19.2 Å². The fraction of sp³-hybridized carbons (Fsp3) is 0.233. The Labute approximate surface area is 242 Å². The Balaban J connectivity index is 1.98. The zero-order valence-corrected chi connectivity index (χ0v) is 22.7. The van der Waals surface area contributed by atoms with Crippen LogP contribution in [0.5, 0.6) is 0 Å². The van der Waals surface area contributed by atoms with E-state index in [4.69, 9.17) is 25.4 Å². The maximum Gasteiger partial charge on any atom is 0.421 e. The van der Waals surface area contributed by atoms with E-state index in [9.17, 15) is 24.3 Å². The van der Waals surface area contributed by atoms with Gasteiger partial charge in [-0.3, -0.25) is 5.41 Å². The predicted octanol–water partition coefficient (Wildman–Crippen LogP) is 3.79. The predicted molar refractivity (Wildman–Crippen MR) is 151 cm³/mol. The summed E-state index contributed by atoms with van der Waals surface area (Å²) in [5.74, 6) is -3.60. The lowest BCUT2D eigenvalue weighted by atomic mass is 9.91. The maximum absolute atomic E-state index is 13.7. The van der Waals surface area contributed by atoms with E-state index in [0.717, 1.165) is 0 Å². The normalized spacial score (nSPS) is 11.8. The summed E-state index contributed by atoms with van der Waals surface area (Å²) < 4.78 is 16.0. The highest BCUT2D eigenvalue weighted by atomic mass is 16.6. The van der Waals surface area contributed by atoms with Crippen LogP contribution < -0.4 is 11.1 Å². The van der Waals surface area contributed by atoms with Crippen molar-refractivity contribution in [3.05, 3.63) is 108 Å². The first kappa shape index (κ1) is 31.1. The minimum absolute atomic E-state index is 0.0394. The molecule has 1 atom stereocenters. The second-order valence-electron chi connectivity index (χ2n) is 9.09. The summed E-state index contributed by atoms with van der Waals surface area (Å²) in [5.41, 5.74) is 4.11. The van der Waals surface area contributed by atoms with E-state index in [1.54, 1.807) is 91.0 Å². The fourth-order valence-corrected chi connectivity index (χ4v) is 3.96. The summed E-state index contributed by atoms with van der Waals surface area (Å²) in [6, 6.07) is 25.5. The fourth-order valence-electron chi connectivity index (χ4n) is 3.96. The Hall–Kier alpha value is -5.39. The van der Waals surface area contributed by atoms with Crippen molar-refractivity contribution in [3.63, 3.8) is 0 Å². The molecule has 0 saturated carbocycles. The van der Waals surface area contributed by atoms with Gasteiger partial charge in [-0.05, 0) is 29.5 Å². The molecule has 0 aliphatic rings. The van der Waals surface area contributed by atoms with Crippen molar-refractivity contribution >= 4 is 30.1 Å². The Bertz CT molecular complexity index is 1300.